The number of hydrogen-bond donors (Lipinski definition) is 2. The highest BCUT2D eigenvalue weighted by molar-refractivity contribution is 7.98. The Morgan fingerprint density at radius 2 is 1.92 bits per heavy atom. The molecule has 3 heterocycles. The number of benzene rings is 1. The van der Waals surface area contributed by atoms with Crippen molar-refractivity contribution < 1.29 is 4.39 Å². The first kappa shape index (κ1) is 15.5. The summed E-state index contributed by atoms with van der Waals surface area (Å²) in [5, 5.41) is 8.22. The molecule has 0 aliphatic carbocycles. The monoisotopic (exact) mass is 352 g/mol. The molecule has 6 nitrogen and oxygen atoms in total. The minimum atomic E-state index is -0.304. The predicted octanol–water partition coefficient (Wildman–Crippen LogP) is 3.53. The van der Waals surface area contributed by atoms with Gasteiger partial charge in [0.05, 0.1) is 16.8 Å². The largest absolute Gasteiger partial charge is 0.384 e. The topological polar surface area (TPSA) is 93.4 Å². The third-order valence-corrected chi connectivity index (χ3v) is 4.35. The summed E-state index contributed by atoms with van der Waals surface area (Å²) < 4.78 is 13.3. The maximum absolute atomic E-state index is 13.3. The van der Waals surface area contributed by atoms with Crippen molar-refractivity contribution in [3.63, 3.8) is 0 Å². The average molecular weight is 352 g/mol. The molecule has 0 saturated carbocycles. The number of rotatable bonds is 3. The molecule has 3 N–H and O–H groups in total. The molecule has 0 amide bonds. The summed E-state index contributed by atoms with van der Waals surface area (Å²) in [7, 11) is 0. The summed E-state index contributed by atoms with van der Waals surface area (Å²) in [6.45, 7) is 0. The summed E-state index contributed by atoms with van der Waals surface area (Å²) in [5.41, 5.74) is 9.37. The van der Waals surface area contributed by atoms with Crippen molar-refractivity contribution in [2.24, 2.45) is 0 Å². The molecule has 0 bridgehead atoms. The fraction of sp³-hybridized carbons (Fsp3) is 0.0588. The van der Waals surface area contributed by atoms with Crippen molar-refractivity contribution in [2.45, 2.75) is 5.16 Å². The molecule has 8 heteroatoms. The van der Waals surface area contributed by atoms with Crippen LogP contribution in [0.25, 0.3) is 33.5 Å². The van der Waals surface area contributed by atoms with Crippen LogP contribution >= 0.6 is 11.8 Å². The van der Waals surface area contributed by atoms with Crippen molar-refractivity contribution in [3.8, 4) is 22.5 Å². The number of nitrogens with two attached hydrogens (primary N) is 1. The number of hydrogen-bond acceptors (Lipinski definition) is 6. The highest BCUT2D eigenvalue weighted by Crippen LogP contribution is 2.33. The van der Waals surface area contributed by atoms with Crippen molar-refractivity contribution in [2.75, 3.05) is 12.0 Å². The maximum atomic E-state index is 13.3. The number of H-pyrrole nitrogens is 1. The number of nitrogens with one attached hydrogen (secondary N) is 1. The second kappa shape index (κ2) is 6.14. The second-order valence-corrected chi connectivity index (χ2v) is 6.10. The lowest BCUT2D eigenvalue weighted by Gasteiger charge is -2.09. The molecule has 124 valence electrons. The summed E-state index contributed by atoms with van der Waals surface area (Å²) in [4.78, 5) is 13.4. The van der Waals surface area contributed by atoms with E-state index in [-0.39, 0.29) is 5.82 Å². The zero-order chi connectivity index (χ0) is 17.4. The third kappa shape index (κ3) is 2.80. The molecule has 1 aromatic carbocycles. The van der Waals surface area contributed by atoms with Gasteiger partial charge in [-0.05, 0) is 42.7 Å². The van der Waals surface area contributed by atoms with E-state index < -0.39 is 0 Å². The molecule has 0 saturated heterocycles. The predicted molar refractivity (Wildman–Crippen MR) is 96.5 cm³/mol. The SMILES string of the molecule is CSc1nccc(-c2cc3c(N)[nH]nc3nc2-c2ccc(F)cc2)n1. The number of aromatic nitrogens is 5. The summed E-state index contributed by atoms with van der Waals surface area (Å²) in [6.07, 6.45) is 3.61. The van der Waals surface area contributed by atoms with Crippen LogP contribution in [0.2, 0.25) is 0 Å². The summed E-state index contributed by atoms with van der Waals surface area (Å²) in [6, 6.07) is 9.87. The van der Waals surface area contributed by atoms with Crippen LogP contribution in [0.4, 0.5) is 10.2 Å². The zero-order valence-electron chi connectivity index (χ0n) is 13.2. The van der Waals surface area contributed by atoms with E-state index in [1.165, 1.54) is 23.9 Å². The Labute approximate surface area is 146 Å². The molecule has 0 fully saturated rings. The molecule has 0 spiro atoms. The van der Waals surface area contributed by atoms with E-state index >= 15 is 0 Å². The molecule has 4 rings (SSSR count). The fourth-order valence-electron chi connectivity index (χ4n) is 2.57. The quantitative estimate of drug-likeness (QED) is 0.433. The smallest absolute Gasteiger partial charge is 0.187 e. The van der Waals surface area contributed by atoms with E-state index in [1.54, 1.807) is 18.3 Å². The number of halogens is 1. The van der Waals surface area contributed by atoms with Gasteiger partial charge in [-0.3, -0.25) is 5.10 Å². The summed E-state index contributed by atoms with van der Waals surface area (Å²) in [5.74, 6) is 0.135. The lowest BCUT2D eigenvalue weighted by atomic mass is 10.0. The van der Waals surface area contributed by atoms with E-state index in [4.69, 9.17) is 5.73 Å². The van der Waals surface area contributed by atoms with Crippen LogP contribution in [0, 0.1) is 5.82 Å². The normalized spacial score (nSPS) is 11.1. The van der Waals surface area contributed by atoms with Gasteiger partial charge in [0.15, 0.2) is 10.8 Å². The van der Waals surface area contributed by atoms with Gasteiger partial charge in [0.2, 0.25) is 0 Å². The van der Waals surface area contributed by atoms with E-state index in [0.29, 0.717) is 33.4 Å². The molecular weight excluding hydrogens is 339 g/mol. The Bertz CT molecular complexity index is 1060. The molecule has 0 atom stereocenters. The van der Waals surface area contributed by atoms with Crippen molar-refractivity contribution in [3.05, 3.63) is 48.4 Å². The average Bonchev–Trinajstić information content (AvgIpc) is 3.01. The number of nitrogens with zero attached hydrogens (tertiary/aromatic N) is 4. The Balaban J connectivity index is 2.00. The Hall–Kier alpha value is -3.00. The zero-order valence-corrected chi connectivity index (χ0v) is 14.0. The fourth-order valence-corrected chi connectivity index (χ4v) is 2.93. The number of aromatic amines is 1. The van der Waals surface area contributed by atoms with Gasteiger partial charge in [0, 0.05) is 17.3 Å². The van der Waals surface area contributed by atoms with Crippen LogP contribution in [0.3, 0.4) is 0 Å². The molecular formula is C17H13FN6S. The maximum Gasteiger partial charge on any atom is 0.187 e. The van der Waals surface area contributed by atoms with Crippen LogP contribution in [-0.4, -0.2) is 31.4 Å². The molecule has 0 unspecified atom stereocenters. The number of fused-ring (bicyclic) bond motifs is 1. The lowest BCUT2D eigenvalue weighted by Crippen LogP contribution is -1.95. The molecule has 3 aromatic heterocycles. The highest BCUT2D eigenvalue weighted by Gasteiger charge is 2.16. The van der Waals surface area contributed by atoms with Gasteiger partial charge in [0.25, 0.3) is 0 Å². The first-order valence-corrected chi connectivity index (χ1v) is 8.66. The second-order valence-electron chi connectivity index (χ2n) is 5.33. The molecule has 0 aliphatic rings. The highest BCUT2D eigenvalue weighted by atomic mass is 32.2. The minimum absolute atomic E-state index is 0.304. The van der Waals surface area contributed by atoms with E-state index in [2.05, 4.69) is 25.1 Å². The molecule has 0 aliphatic heterocycles. The first-order chi connectivity index (χ1) is 12.2. The van der Waals surface area contributed by atoms with Gasteiger partial charge in [-0.2, -0.15) is 5.10 Å². The van der Waals surface area contributed by atoms with Gasteiger partial charge in [-0.25, -0.2) is 19.3 Å². The Morgan fingerprint density at radius 1 is 1.12 bits per heavy atom. The van der Waals surface area contributed by atoms with Crippen LogP contribution in [-0.2, 0) is 0 Å². The van der Waals surface area contributed by atoms with Gasteiger partial charge in [-0.15, -0.1) is 0 Å². The van der Waals surface area contributed by atoms with Crippen LogP contribution in [0.5, 0.6) is 0 Å². The standard InChI is InChI=1S/C17H13FN6S/c1-25-17-20-7-6-13(21-17)11-8-12-15(19)23-24-16(12)22-14(11)9-2-4-10(18)5-3-9/h2-8H,1H3,(H3,19,22,23,24). The van der Waals surface area contributed by atoms with Gasteiger partial charge in [0.1, 0.15) is 11.6 Å². The Kier molecular flexibility index (Phi) is 3.81. The third-order valence-electron chi connectivity index (χ3n) is 3.78. The van der Waals surface area contributed by atoms with E-state index in [1.807, 2.05) is 18.4 Å². The first-order valence-electron chi connectivity index (χ1n) is 7.43. The minimum Gasteiger partial charge on any atom is -0.384 e. The van der Waals surface area contributed by atoms with Crippen molar-refractivity contribution >= 4 is 28.6 Å². The van der Waals surface area contributed by atoms with Gasteiger partial charge < -0.3 is 5.73 Å². The molecule has 4 aromatic rings. The molecule has 25 heavy (non-hydrogen) atoms. The number of thioether (sulfide) groups is 1. The Morgan fingerprint density at radius 3 is 2.68 bits per heavy atom. The number of anilines is 1. The van der Waals surface area contributed by atoms with Crippen molar-refractivity contribution in [1.82, 2.24) is 25.1 Å². The van der Waals surface area contributed by atoms with Crippen LogP contribution in [0.15, 0.2) is 47.8 Å². The van der Waals surface area contributed by atoms with Crippen LogP contribution < -0.4 is 5.73 Å². The number of pyridine rings is 1. The number of nitrogen functional groups attached to an aromatic ring is 1. The van der Waals surface area contributed by atoms with Gasteiger partial charge >= 0.3 is 0 Å². The van der Waals surface area contributed by atoms with E-state index in [0.717, 1.165) is 11.1 Å². The van der Waals surface area contributed by atoms with Crippen molar-refractivity contribution in [1.29, 1.82) is 0 Å². The molecule has 0 radical (unpaired) electrons. The van der Waals surface area contributed by atoms with Crippen LogP contribution in [0.1, 0.15) is 0 Å². The summed E-state index contributed by atoms with van der Waals surface area (Å²) >= 11 is 1.45. The van der Waals surface area contributed by atoms with E-state index in [9.17, 15) is 4.39 Å². The lowest BCUT2D eigenvalue weighted by molar-refractivity contribution is 0.628. The van der Waals surface area contributed by atoms with Gasteiger partial charge in [-0.1, -0.05) is 11.8 Å².